The number of hydrogen-bond acceptors (Lipinski definition) is 6. The summed E-state index contributed by atoms with van der Waals surface area (Å²) in [4.78, 5) is 58.9. The molecule has 4 amide bonds. The van der Waals surface area contributed by atoms with Crippen LogP contribution in [0.25, 0.3) is 22.2 Å². The number of alkyl halides is 5. The van der Waals surface area contributed by atoms with Crippen molar-refractivity contribution in [2.45, 2.75) is 76.1 Å². The maximum absolute atomic E-state index is 14.0. The van der Waals surface area contributed by atoms with Gasteiger partial charge in [0.1, 0.15) is 6.04 Å². The molecule has 17 heteroatoms. The van der Waals surface area contributed by atoms with Gasteiger partial charge >= 0.3 is 18.2 Å². The zero-order chi connectivity index (χ0) is 41.8. The normalized spacial score (nSPS) is 18.7. The predicted molar refractivity (Wildman–Crippen MR) is 206 cm³/mol. The third-order valence-corrected chi connectivity index (χ3v) is 11.0. The standard InChI is InChI=1S/C41H46F5N7O5/c1-23-19-28(36(55)48-29-15-17-53(2)18-16-29)11-13-31(23)26-7-3-24(4-8-26)20-34(50-35(54)27-9-5-25(6-10-27)22-47-39(57)58)37(56)49-30-12-14-32-33(21-30)52-38(51-32)40(42,43)41(44,45)46/h3-4,7-8,11-14,19,21,25,27,29,34,47H,5-6,9-10,15-18,20,22H2,1-2H3,(H,48,55)(H,49,56)(H,50,54)(H,51,52)(H,57,58)/t25?,27?,34-/m0/s1. The van der Waals surface area contributed by atoms with E-state index in [1.807, 2.05) is 48.3 Å². The number of hydrogen-bond donors (Lipinski definition) is 6. The number of nitrogens with one attached hydrogen (secondary N) is 5. The van der Waals surface area contributed by atoms with E-state index in [-0.39, 0.29) is 53.5 Å². The van der Waals surface area contributed by atoms with Gasteiger partial charge in [0.2, 0.25) is 11.8 Å². The van der Waals surface area contributed by atoms with Crippen LogP contribution in [0, 0.1) is 18.8 Å². The molecule has 6 rings (SSSR count). The second-order valence-electron chi connectivity index (χ2n) is 15.3. The Balaban J connectivity index is 1.16. The smallest absolute Gasteiger partial charge is 0.461 e. The minimum absolute atomic E-state index is 0.0546. The van der Waals surface area contributed by atoms with Crippen molar-refractivity contribution in [3.63, 3.8) is 0 Å². The second kappa shape index (κ2) is 17.5. The third kappa shape index (κ3) is 10.1. The molecule has 0 radical (unpaired) electrons. The molecule has 0 bridgehead atoms. The lowest BCUT2D eigenvalue weighted by atomic mass is 9.81. The monoisotopic (exact) mass is 811 g/mol. The maximum Gasteiger partial charge on any atom is 0.461 e. The summed E-state index contributed by atoms with van der Waals surface area (Å²) in [7, 11) is 2.06. The Hall–Kier alpha value is -5.58. The van der Waals surface area contributed by atoms with E-state index in [2.05, 4.69) is 38.2 Å². The fourth-order valence-electron chi connectivity index (χ4n) is 7.57. The lowest BCUT2D eigenvalue weighted by Crippen LogP contribution is -2.48. The number of carbonyl (C=O) groups excluding carboxylic acids is 3. The van der Waals surface area contributed by atoms with Crippen LogP contribution in [0.4, 0.5) is 32.4 Å². The number of imidazole rings is 1. The van der Waals surface area contributed by atoms with Crippen molar-refractivity contribution in [2.24, 2.45) is 11.8 Å². The van der Waals surface area contributed by atoms with Crippen LogP contribution in [0.1, 0.15) is 65.8 Å². The summed E-state index contributed by atoms with van der Waals surface area (Å²) in [6.45, 7) is 4.06. The van der Waals surface area contributed by atoms with Crippen LogP contribution in [0.2, 0.25) is 0 Å². The minimum Gasteiger partial charge on any atom is -0.465 e. The quantitative estimate of drug-likeness (QED) is 0.0860. The molecule has 2 aliphatic rings. The summed E-state index contributed by atoms with van der Waals surface area (Å²) in [5, 5.41) is 20.0. The van der Waals surface area contributed by atoms with E-state index in [0.29, 0.717) is 36.8 Å². The van der Waals surface area contributed by atoms with E-state index < -0.39 is 41.9 Å². The number of likely N-dealkylation sites (tertiary alicyclic amines) is 1. The third-order valence-electron chi connectivity index (χ3n) is 11.0. The number of benzene rings is 3. The van der Waals surface area contributed by atoms with E-state index >= 15 is 0 Å². The summed E-state index contributed by atoms with van der Waals surface area (Å²) in [5.74, 6) is -8.29. The van der Waals surface area contributed by atoms with Gasteiger partial charge in [0.25, 0.3) is 5.91 Å². The highest BCUT2D eigenvalue weighted by Gasteiger charge is 2.61. The molecule has 58 heavy (non-hydrogen) atoms. The Kier molecular flexibility index (Phi) is 12.7. The SMILES string of the molecule is Cc1cc(C(=O)NC2CCN(C)CC2)ccc1-c1ccc(C[C@H](NC(=O)C2CCC(CNC(=O)O)CC2)C(=O)Nc2ccc3nc(C(F)(F)C(F)(F)F)[nH]c3c2)cc1. The van der Waals surface area contributed by atoms with Crippen LogP contribution in [-0.4, -0.2) is 88.7 Å². The number of halogens is 5. The molecule has 1 saturated carbocycles. The van der Waals surface area contributed by atoms with Gasteiger partial charge in [0, 0.05) is 36.2 Å². The van der Waals surface area contributed by atoms with Crippen molar-refractivity contribution < 1.29 is 46.2 Å². The van der Waals surface area contributed by atoms with Gasteiger partial charge in [-0.2, -0.15) is 22.0 Å². The van der Waals surface area contributed by atoms with Crippen LogP contribution in [0.3, 0.4) is 0 Å². The van der Waals surface area contributed by atoms with Crippen molar-refractivity contribution in [2.75, 3.05) is 32.0 Å². The van der Waals surface area contributed by atoms with Crippen molar-refractivity contribution in [3.8, 4) is 11.1 Å². The fourth-order valence-corrected chi connectivity index (χ4v) is 7.57. The average molecular weight is 812 g/mol. The van der Waals surface area contributed by atoms with Gasteiger partial charge in [0.15, 0.2) is 5.82 Å². The fraction of sp³-hybridized carbons (Fsp3) is 0.439. The summed E-state index contributed by atoms with van der Waals surface area (Å²) in [5.41, 5.74) is 3.67. The van der Waals surface area contributed by atoms with Crippen molar-refractivity contribution >= 4 is 40.5 Å². The minimum atomic E-state index is -5.87. The number of anilines is 1. The van der Waals surface area contributed by atoms with Crippen LogP contribution >= 0.6 is 0 Å². The van der Waals surface area contributed by atoms with Gasteiger partial charge in [0.05, 0.1) is 11.0 Å². The van der Waals surface area contributed by atoms with E-state index in [1.54, 1.807) is 6.07 Å². The Morgan fingerprint density at radius 1 is 0.914 bits per heavy atom. The second-order valence-corrected chi connectivity index (χ2v) is 15.3. The molecule has 12 nitrogen and oxygen atoms in total. The van der Waals surface area contributed by atoms with Gasteiger partial charge < -0.3 is 36.3 Å². The van der Waals surface area contributed by atoms with E-state index in [4.69, 9.17) is 5.11 Å². The molecule has 2 fully saturated rings. The predicted octanol–water partition coefficient (Wildman–Crippen LogP) is 6.76. The number of amides is 4. The molecule has 1 aliphatic carbocycles. The summed E-state index contributed by atoms with van der Waals surface area (Å²) in [6, 6.07) is 15.6. The average Bonchev–Trinajstić information content (AvgIpc) is 3.62. The van der Waals surface area contributed by atoms with Gasteiger partial charge in [-0.05, 0) is 124 Å². The van der Waals surface area contributed by atoms with Crippen LogP contribution < -0.4 is 21.3 Å². The number of aromatic nitrogens is 2. The topological polar surface area (TPSA) is 169 Å². The summed E-state index contributed by atoms with van der Waals surface area (Å²) in [6.07, 6.45) is -2.95. The Bertz CT molecular complexity index is 2130. The Labute approximate surface area is 331 Å². The van der Waals surface area contributed by atoms with Crippen LogP contribution in [0.5, 0.6) is 0 Å². The number of fused-ring (bicyclic) bond motifs is 1. The molecule has 4 aromatic rings. The lowest BCUT2D eigenvalue weighted by Gasteiger charge is -2.29. The molecule has 2 heterocycles. The molecule has 1 atom stereocenters. The first kappa shape index (κ1) is 42.0. The number of carbonyl (C=O) groups is 4. The summed E-state index contributed by atoms with van der Waals surface area (Å²) >= 11 is 0. The zero-order valence-corrected chi connectivity index (χ0v) is 32.0. The molecule has 3 aromatic carbocycles. The van der Waals surface area contributed by atoms with Crippen molar-refractivity contribution in [1.82, 2.24) is 30.8 Å². The molecule has 1 aliphatic heterocycles. The molecule has 6 N–H and O–H groups in total. The van der Waals surface area contributed by atoms with Crippen LogP contribution in [0.15, 0.2) is 60.7 Å². The largest absolute Gasteiger partial charge is 0.465 e. The number of nitrogens with zero attached hydrogens (tertiary/aromatic N) is 2. The van der Waals surface area contributed by atoms with Crippen molar-refractivity contribution in [3.05, 3.63) is 83.2 Å². The number of aromatic amines is 1. The molecule has 310 valence electrons. The highest BCUT2D eigenvalue weighted by Crippen LogP contribution is 2.43. The maximum atomic E-state index is 14.0. The van der Waals surface area contributed by atoms with Gasteiger partial charge in [-0.1, -0.05) is 30.3 Å². The molecule has 1 aromatic heterocycles. The first-order chi connectivity index (χ1) is 27.5. The molecular weight excluding hydrogens is 765 g/mol. The highest BCUT2D eigenvalue weighted by atomic mass is 19.4. The lowest BCUT2D eigenvalue weighted by molar-refractivity contribution is -0.292. The molecule has 0 unspecified atom stereocenters. The molecule has 1 saturated heterocycles. The van der Waals surface area contributed by atoms with E-state index in [9.17, 15) is 41.1 Å². The first-order valence-electron chi connectivity index (χ1n) is 19.2. The number of piperidine rings is 1. The Morgan fingerprint density at radius 2 is 1.60 bits per heavy atom. The van der Waals surface area contributed by atoms with Gasteiger partial charge in [-0.3, -0.25) is 14.4 Å². The first-order valence-corrected chi connectivity index (χ1v) is 19.2. The summed E-state index contributed by atoms with van der Waals surface area (Å²) < 4.78 is 66.9. The van der Waals surface area contributed by atoms with Gasteiger partial charge in [-0.25, -0.2) is 9.78 Å². The van der Waals surface area contributed by atoms with Gasteiger partial charge in [-0.15, -0.1) is 0 Å². The van der Waals surface area contributed by atoms with E-state index in [0.717, 1.165) is 42.6 Å². The number of carboxylic acid groups (broad SMARTS) is 1. The number of H-pyrrole nitrogens is 1. The highest BCUT2D eigenvalue weighted by molar-refractivity contribution is 5.99. The molecule has 0 spiro atoms. The van der Waals surface area contributed by atoms with Crippen LogP contribution in [-0.2, 0) is 21.9 Å². The zero-order valence-electron chi connectivity index (χ0n) is 32.0. The van der Waals surface area contributed by atoms with E-state index in [1.165, 1.54) is 18.2 Å². The number of aryl methyl sites for hydroxylation is 1. The van der Waals surface area contributed by atoms with Crippen molar-refractivity contribution in [1.29, 1.82) is 0 Å². The Morgan fingerprint density at radius 3 is 2.24 bits per heavy atom. The number of rotatable bonds is 12. The molecular formula is C41H46F5N7O5.